The molecule has 0 N–H and O–H groups in total. The number of hydrogen-bond donors (Lipinski definition) is 0. The van der Waals surface area contributed by atoms with Gasteiger partial charge in [0.1, 0.15) is 5.15 Å². The number of likely N-dealkylation sites (tertiary alicyclic amines) is 1. The molecule has 0 unspecified atom stereocenters. The highest BCUT2D eigenvalue weighted by Crippen LogP contribution is 2.18. The van der Waals surface area contributed by atoms with Gasteiger partial charge in [0, 0.05) is 31.0 Å². The van der Waals surface area contributed by atoms with Gasteiger partial charge in [0.2, 0.25) is 0 Å². The largest absolute Gasteiger partial charge is 0.378 e. The van der Waals surface area contributed by atoms with Crippen molar-refractivity contribution in [2.75, 3.05) is 19.7 Å². The van der Waals surface area contributed by atoms with Crippen LogP contribution >= 0.6 is 11.6 Å². The Morgan fingerprint density at radius 1 is 1.47 bits per heavy atom. The fraction of sp³-hybridized carbons (Fsp3) is 0.571. The van der Waals surface area contributed by atoms with Crippen LogP contribution in [0.15, 0.2) is 12.1 Å². The number of halogens is 1. The first kappa shape index (κ1) is 14.3. The first-order valence-electron chi connectivity index (χ1n) is 6.65. The highest BCUT2D eigenvalue weighted by atomic mass is 35.5. The predicted octanol–water partition coefficient (Wildman–Crippen LogP) is 2.68. The second-order valence-corrected chi connectivity index (χ2v) is 5.15. The molecule has 1 amide bonds. The van der Waals surface area contributed by atoms with Gasteiger partial charge in [-0.25, -0.2) is 4.98 Å². The highest BCUT2D eigenvalue weighted by Gasteiger charge is 2.24. The number of pyridine rings is 1. The van der Waals surface area contributed by atoms with E-state index in [4.69, 9.17) is 16.3 Å². The van der Waals surface area contributed by atoms with Crippen molar-refractivity contribution in [3.05, 3.63) is 28.5 Å². The van der Waals surface area contributed by atoms with E-state index in [1.165, 1.54) is 0 Å². The van der Waals surface area contributed by atoms with Gasteiger partial charge in [-0.1, -0.05) is 11.6 Å². The zero-order valence-corrected chi connectivity index (χ0v) is 12.1. The monoisotopic (exact) mass is 282 g/mol. The van der Waals surface area contributed by atoms with Crippen LogP contribution < -0.4 is 0 Å². The minimum absolute atomic E-state index is 0.0300. The molecule has 0 atom stereocenters. The summed E-state index contributed by atoms with van der Waals surface area (Å²) >= 11 is 5.90. The van der Waals surface area contributed by atoms with E-state index in [2.05, 4.69) is 4.98 Å². The molecule has 0 aromatic carbocycles. The Balaban J connectivity index is 2.01. The maximum absolute atomic E-state index is 12.4. The zero-order valence-electron chi connectivity index (χ0n) is 11.4. The number of carbonyl (C=O) groups excluding carboxylic acids is 1. The van der Waals surface area contributed by atoms with Gasteiger partial charge in [-0.2, -0.15) is 0 Å². The average molecular weight is 283 g/mol. The summed E-state index contributed by atoms with van der Waals surface area (Å²) in [6, 6.07) is 3.41. The molecule has 19 heavy (non-hydrogen) atoms. The Labute approximate surface area is 118 Å². The minimum Gasteiger partial charge on any atom is -0.378 e. The summed E-state index contributed by atoms with van der Waals surface area (Å²) in [5.74, 6) is 0.0300. The van der Waals surface area contributed by atoms with E-state index in [0.717, 1.165) is 38.2 Å². The van der Waals surface area contributed by atoms with Gasteiger partial charge in [0.05, 0.1) is 6.10 Å². The molecule has 1 aliphatic rings. The van der Waals surface area contributed by atoms with Crippen molar-refractivity contribution < 1.29 is 9.53 Å². The Morgan fingerprint density at radius 2 is 2.16 bits per heavy atom. The van der Waals surface area contributed by atoms with Crippen LogP contribution in [0.5, 0.6) is 0 Å². The molecular formula is C14H19ClN2O2. The van der Waals surface area contributed by atoms with Crippen LogP contribution in [0.2, 0.25) is 5.15 Å². The van der Waals surface area contributed by atoms with Crippen molar-refractivity contribution in [3.8, 4) is 0 Å². The number of carbonyl (C=O) groups is 1. The van der Waals surface area contributed by atoms with Crippen molar-refractivity contribution in [2.45, 2.75) is 32.8 Å². The first-order valence-corrected chi connectivity index (χ1v) is 7.03. The normalized spacial score (nSPS) is 16.7. The van der Waals surface area contributed by atoms with Crippen molar-refractivity contribution in [3.63, 3.8) is 0 Å². The van der Waals surface area contributed by atoms with Crippen LogP contribution in [-0.4, -0.2) is 41.6 Å². The Kier molecular flexibility index (Phi) is 4.77. The maximum atomic E-state index is 12.4. The SMILES string of the molecule is CCOC1CCN(C(=O)c2cc(C)nc(Cl)c2)CC1. The Morgan fingerprint density at radius 3 is 2.74 bits per heavy atom. The average Bonchev–Trinajstić information content (AvgIpc) is 2.38. The molecule has 5 heteroatoms. The van der Waals surface area contributed by atoms with E-state index in [1.54, 1.807) is 12.1 Å². The molecule has 0 saturated carbocycles. The van der Waals surface area contributed by atoms with Crippen molar-refractivity contribution in [1.29, 1.82) is 0 Å². The lowest BCUT2D eigenvalue weighted by Gasteiger charge is -2.31. The van der Waals surface area contributed by atoms with E-state index in [9.17, 15) is 4.79 Å². The van der Waals surface area contributed by atoms with Crippen LogP contribution in [-0.2, 0) is 4.74 Å². The van der Waals surface area contributed by atoms with Gasteiger partial charge in [0.25, 0.3) is 5.91 Å². The fourth-order valence-electron chi connectivity index (χ4n) is 2.40. The summed E-state index contributed by atoms with van der Waals surface area (Å²) in [5.41, 5.74) is 1.38. The zero-order chi connectivity index (χ0) is 13.8. The third-order valence-electron chi connectivity index (χ3n) is 3.30. The molecule has 1 fully saturated rings. The van der Waals surface area contributed by atoms with Gasteiger partial charge in [-0.05, 0) is 38.8 Å². The number of nitrogens with zero attached hydrogens (tertiary/aromatic N) is 2. The molecule has 0 radical (unpaired) electrons. The van der Waals surface area contributed by atoms with E-state index in [1.807, 2.05) is 18.7 Å². The van der Waals surface area contributed by atoms with Crippen molar-refractivity contribution in [1.82, 2.24) is 9.88 Å². The van der Waals surface area contributed by atoms with Gasteiger partial charge >= 0.3 is 0 Å². The summed E-state index contributed by atoms with van der Waals surface area (Å²) < 4.78 is 5.59. The van der Waals surface area contributed by atoms with Crippen molar-refractivity contribution >= 4 is 17.5 Å². The standard InChI is InChI=1S/C14H19ClN2O2/c1-3-19-12-4-6-17(7-5-12)14(18)11-8-10(2)16-13(15)9-11/h8-9,12H,3-7H2,1-2H3. The summed E-state index contributed by atoms with van der Waals surface area (Å²) in [6.07, 6.45) is 2.09. The quantitative estimate of drug-likeness (QED) is 0.801. The number of aryl methyl sites for hydroxylation is 1. The Hall–Kier alpha value is -1.13. The van der Waals surface area contributed by atoms with E-state index < -0.39 is 0 Å². The second-order valence-electron chi connectivity index (χ2n) is 4.77. The minimum atomic E-state index is 0.0300. The Bertz CT molecular complexity index is 437. The van der Waals surface area contributed by atoms with Crippen LogP contribution in [0, 0.1) is 6.92 Å². The summed E-state index contributed by atoms with van der Waals surface area (Å²) in [5, 5.41) is 0.368. The summed E-state index contributed by atoms with van der Waals surface area (Å²) in [4.78, 5) is 18.3. The molecule has 0 spiro atoms. The number of amides is 1. The van der Waals surface area contributed by atoms with Crippen LogP contribution in [0.3, 0.4) is 0 Å². The summed E-state index contributed by atoms with van der Waals surface area (Å²) in [6.45, 7) is 6.05. The molecular weight excluding hydrogens is 264 g/mol. The number of ether oxygens (including phenoxy) is 1. The van der Waals surface area contributed by atoms with Gasteiger partial charge < -0.3 is 9.64 Å². The summed E-state index contributed by atoms with van der Waals surface area (Å²) in [7, 11) is 0. The van der Waals surface area contributed by atoms with Crippen LogP contribution in [0.25, 0.3) is 0 Å². The van der Waals surface area contributed by atoms with E-state index in [-0.39, 0.29) is 12.0 Å². The van der Waals surface area contributed by atoms with Crippen molar-refractivity contribution in [2.24, 2.45) is 0 Å². The van der Waals surface area contributed by atoms with E-state index in [0.29, 0.717) is 10.7 Å². The van der Waals surface area contributed by atoms with Gasteiger partial charge in [-0.15, -0.1) is 0 Å². The molecule has 104 valence electrons. The number of hydrogen-bond acceptors (Lipinski definition) is 3. The smallest absolute Gasteiger partial charge is 0.254 e. The molecule has 4 nitrogen and oxygen atoms in total. The molecule has 0 aliphatic carbocycles. The number of rotatable bonds is 3. The van der Waals surface area contributed by atoms with Crippen LogP contribution in [0.4, 0.5) is 0 Å². The molecule has 1 aliphatic heterocycles. The lowest BCUT2D eigenvalue weighted by atomic mass is 10.1. The lowest BCUT2D eigenvalue weighted by Crippen LogP contribution is -2.40. The molecule has 1 aromatic heterocycles. The molecule has 1 saturated heterocycles. The van der Waals surface area contributed by atoms with Gasteiger partial charge in [0.15, 0.2) is 0 Å². The fourth-order valence-corrected chi connectivity index (χ4v) is 2.65. The van der Waals surface area contributed by atoms with E-state index >= 15 is 0 Å². The molecule has 2 heterocycles. The number of aromatic nitrogens is 1. The molecule has 0 bridgehead atoms. The predicted molar refractivity (Wildman–Crippen MR) is 74.5 cm³/mol. The lowest BCUT2D eigenvalue weighted by molar-refractivity contribution is 0.0146. The first-order chi connectivity index (χ1) is 9.10. The second kappa shape index (κ2) is 6.35. The highest BCUT2D eigenvalue weighted by molar-refractivity contribution is 6.29. The molecule has 2 rings (SSSR count). The van der Waals surface area contributed by atoms with Gasteiger partial charge in [-0.3, -0.25) is 4.79 Å². The third kappa shape index (κ3) is 3.67. The topological polar surface area (TPSA) is 42.4 Å². The molecule has 1 aromatic rings. The number of piperidine rings is 1. The van der Waals surface area contributed by atoms with Crippen LogP contribution in [0.1, 0.15) is 35.8 Å². The maximum Gasteiger partial charge on any atom is 0.254 e. The third-order valence-corrected chi connectivity index (χ3v) is 3.49.